The Morgan fingerprint density at radius 2 is 0.915 bits per heavy atom. The lowest BCUT2D eigenvalue weighted by molar-refractivity contribution is 0.669. The van der Waals surface area contributed by atoms with Gasteiger partial charge in [-0.1, -0.05) is 158 Å². The molecule has 0 fully saturated rings. The Bertz CT molecular complexity index is 3620. The summed E-state index contributed by atoms with van der Waals surface area (Å²) in [6.07, 6.45) is 0.920. The Balaban J connectivity index is 0.950. The number of furan rings is 1. The first-order chi connectivity index (χ1) is 29.3. The second kappa shape index (κ2) is 12.4. The molecule has 0 N–H and O–H groups in total. The fourth-order valence-corrected chi connectivity index (χ4v) is 10.2. The van der Waals surface area contributed by atoms with Crippen molar-refractivity contribution < 1.29 is 4.42 Å². The van der Waals surface area contributed by atoms with Crippen LogP contribution in [0.5, 0.6) is 0 Å². The molecule has 0 atom stereocenters. The van der Waals surface area contributed by atoms with E-state index in [1.165, 1.54) is 105 Å². The molecule has 0 spiro atoms. The topological polar surface area (TPSA) is 18.1 Å². The highest BCUT2D eigenvalue weighted by Gasteiger charge is 2.26. The fraction of sp³-hybridized carbons (Fsp3) is 0.0175. The predicted molar refractivity (Wildman–Crippen MR) is 248 cm³/mol. The molecule has 2 aromatic heterocycles. The summed E-state index contributed by atoms with van der Waals surface area (Å²) in [7, 11) is 0. The summed E-state index contributed by atoms with van der Waals surface area (Å²) in [6.45, 7) is 0. The van der Waals surface area contributed by atoms with E-state index in [0.29, 0.717) is 0 Å². The van der Waals surface area contributed by atoms with Gasteiger partial charge in [-0.05, 0) is 126 Å². The molecular formula is C57H35NO. The summed E-state index contributed by atoms with van der Waals surface area (Å²) >= 11 is 0. The molecule has 12 aromatic rings. The summed E-state index contributed by atoms with van der Waals surface area (Å²) < 4.78 is 8.55. The fourth-order valence-electron chi connectivity index (χ4n) is 10.2. The van der Waals surface area contributed by atoms with Gasteiger partial charge in [-0.15, -0.1) is 0 Å². The minimum absolute atomic E-state index is 0.918. The molecule has 1 aliphatic carbocycles. The second-order valence-corrected chi connectivity index (χ2v) is 16.0. The molecule has 0 unspecified atom stereocenters. The van der Waals surface area contributed by atoms with Crippen molar-refractivity contribution in [2.75, 3.05) is 0 Å². The zero-order valence-electron chi connectivity index (χ0n) is 32.1. The first-order valence-electron chi connectivity index (χ1n) is 20.5. The van der Waals surface area contributed by atoms with Gasteiger partial charge >= 0.3 is 0 Å². The lowest BCUT2D eigenvalue weighted by Crippen LogP contribution is -1.93. The minimum atomic E-state index is 0.918. The molecule has 2 heteroatoms. The van der Waals surface area contributed by atoms with E-state index in [9.17, 15) is 0 Å². The lowest BCUT2D eigenvalue weighted by Gasteiger charge is -2.18. The summed E-state index contributed by atoms with van der Waals surface area (Å²) in [4.78, 5) is 0. The largest absolute Gasteiger partial charge is 0.456 e. The van der Waals surface area contributed by atoms with E-state index in [1.807, 2.05) is 12.1 Å². The molecule has 0 radical (unpaired) electrons. The highest BCUT2D eigenvalue weighted by atomic mass is 16.3. The first-order valence-corrected chi connectivity index (χ1v) is 20.5. The van der Waals surface area contributed by atoms with Crippen LogP contribution in [-0.2, 0) is 6.42 Å². The third-order valence-corrected chi connectivity index (χ3v) is 12.8. The molecule has 0 aliphatic heterocycles. The zero-order chi connectivity index (χ0) is 38.6. The van der Waals surface area contributed by atoms with Crippen molar-refractivity contribution in [3.8, 4) is 50.2 Å². The Labute approximate surface area is 340 Å². The molecule has 0 amide bonds. The van der Waals surface area contributed by atoms with Crippen molar-refractivity contribution >= 4 is 65.3 Å². The average Bonchev–Trinajstić information content (AvgIpc) is 3.97. The normalized spacial score (nSPS) is 12.3. The maximum Gasteiger partial charge on any atom is 0.135 e. The number of hydrogen-bond donors (Lipinski definition) is 0. The van der Waals surface area contributed by atoms with Crippen LogP contribution in [0.4, 0.5) is 0 Å². The molecule has 59 heavy (non-hydrogen) atoms. The van der Waals surface area contributed by atoms with Crippen molar-refractivity contribution in [3.63, 3.8) is 0 Å². The van der Waals surface area contributed by atoms with E-state index < -0.39 is 0 Å². The molecule has 0 saturated heterocycles. The highest BCUT2D eigenvalue weighted by molar-refractivity contribution is 6.22. The van der Waals surface area contributed by atoms with Gasteiger partial charge in [0, 0.05) is 27.2 Å². The lowest BCUT2D eigenvalue weighted by atomic mass is 9.85. The van der Waals surface area contributed by atoms with Crippen molar-refractivity contribution in [3.05, 3.63) is 211 Å². The van der Waals surface area contributed by atoms with E-state index in [0.717, 1.165) is 28.4 Å². The van der Waals surface area contributed by atoms with Crippen LogP contribution in [0.15, 0.2) is 205 Å². The van der Waals surface area contributed by atoms with Crippen LogP contribution < -0.4 is 0 Å². The van der Waals surface area contributed by atoms with Crippen LogP contribution in [0.1, 0.15) is 11.1 Å². The molecule has 1 aliphatic rings. The van der Waals surface area contributed by atoms with Crippen LogP contribution in [0.2, 0.25) is 0 Å². The van der Waals surface area contributed by atoms with E-state index in [-0.39, 0.29) is 0 Å². The molecule has 0 bridgehead atoms. The van der Waals surface area contributed by atoms with Crippen molar-refractivity contribution in [2.24, 2.45) is 0 Å². The van der Waals surface area contributed by atoms with Crippen LogP contribution in [0.3, 0.4) is 0 Å². The van der Waals surface area contributed by atoms with Crippen molar-refractivity contribution in [1.29, 1.82) is 0 Å². The summed E-state index contributed by atoms with van der Waals surface area (Å²) in [5, 5.41) is 10.0. The van der Waals surface area contributed by atoms with Gasteiger partial charge in [0.25, 0.3) is 0 Å². The number of fused-ring (bicyclic) bond motifs is 12. The molecule has 0 saturated carbocycles. The Kier molecular flexibility index (Phi) is 6.82. The van der Waals surface area contributed by atoms with Gasteiger partial charge in [-0.25, -0.2) is 0 Å². The number of para-hydroxylation sites is 3. The number of benzene rings is 10. The van der Waals surface area contributed by atoms with E-state index in [4.69, 9.17) is 4.42 Å². The van der Waals surface area contributed by atoms with E-state index >= 15 is 0 Å². The number of aromatic nitrogens is 1. The standard InChI is InChI=1S/C57H35NO/c1-2-12-41(13-3-1)58-50-20-10-8-19-48(50)57-51(58)30-27-39-33-40-32-38(26-29-42(40)56(39)57)55-46-17-6-4-15-44(46)54(45-16-5-7-18-47(45)55)36-24-22-35(23-25-36)37-28-31-53-49(34-37)43-14-9-11-21-52(43)59-53/h1-32,34H,33H2. The highest BCUT2D eigenvalue weighted by Crippen LogP contribution is 2.49. The van der Waals surface area contributed by atoms with E-state index in [2.05, 4.69) is 193 Å². The van der Waals surface area contributed by atoms with Gasteiger partial charge in [0.1, 0.15) is 11.2 Å². The first kappa shape index (κ1) is 32.4. The van der Waals surface area contributed by atoms with Gasteiger partial charge in [0.05, 0.1) is 11.0 Å². The van der Waals surface area contributed by atoms with Crippen LogP contribution in [0, 0.1) is 0 Å². The number of hydrogen-bond acceptors (Lipinski definition) is 1. The van der Waals surface area contributed by atoms with Crippen molar-refractivity contribution in [2.45, 2.75) is 6.42 Å². The SMILES string of the molecule is c1ccc(-n2c3ccccc3c3c4c(ccc32)Cc2cc(-c3c5ccccc5c(-c5ccc(-c6ccc7oc8ccccc8c7c6)cc5)c5ccccc35)ccc2-4)cc1. The van der Waals surface area contributed by atoms with Crippen molar-refractivity contribution in [1.82, 2.24) is 4.57 Å². The quantitative estimate of drug-likeness (QED) is 0.164. The third-order valence-electron chi connectivity index (χ3n) is 12.8. The molecule has 13 rings (SSSR count). The van der Waals surface area contributed by atoms with Gasteiger partial charge < -0.3 is 8.98 Å². The Morgan fingerprint density at radius 3 is 1.66 bits per heavy atom. The molecule has 274 valence electrons. The van der Waals surface area contributed by atoms with Crippen LogP contribution in [0.25, 0.3) is 115 Å². The minimum Gasteiger partial charge on any atom is -0.456 e. The maximum absolute atomic E-state index is 6.12. The predicted octanol–water partition coefficient (Wildman–Crippen LogP) is 15.6. The Hall–Kier alpha value is -7.68. The summed E-state index contributed by atoms with van der Waals surface area (Å²) in [5.74, 6) is 0. The van der Waals surface area contributed by atoms with Gasteiger partial charge in [0.2, 0.25) is 0 Å². The smallest absolute Gasteiger partial charge is 0.135 e. The summed E-state index contributed by atoms with van der Waals surface area (Å²) in [5.41, 5.74) is 18.4. The van der Waals surface area contributed by atoms with E-state index in [1.54, 1.807) is 0 Å². The zero-order valence-corrected chi connectivity index (χ0v) is 32.1. The molecule has 2 heterocycles. The molecular weight excluding hydrogens is 715 g/mol. The number of nitrogens with zero attached hydrogens (tertiary/aromatic N) is 1. The second-order valence-electron chi connectivity index (χ2n) is 16.0. The monoisotopic (exact) mass is 749 g/mol. The Morgan fingerprint density at radius 1 is 0.339 bits per heavy atom. The van der Waals surface area contributed by atoms with Crippen LogP contribution in [-0.4, -0.2) is 4.57 Å². The molecule has 10 aromatic carbocycles. The summed E-state index contributed by atoms with van der Waals surface area (Å²) in [6, 6.07) is 73.4. The maximum atomic E-state index is 6.12. The number of rotatable bonds is 4. The third kappa shape index (κ3) is 4.75. The van der Waals surface area contributed by atoms with Gasteiger partial charge in [-0.2, -0.15) is 0 Å². The van der Waals surface area contributed by atoms with Gasteiger partial charge in [0.15, 0.2) is 0 Å². The average molecular weight is 750 g/mol. The van der Waals surface area contributed by atoms with Crippen LogP contribution >= 0.6 is 0 Å². The molecule has 2 nitrogen and oxygen atoms in total. The van der Waals surface area contributed by atoms with Gasteiger partial charge in [-0.3, -0.25) is 0 Å².